The van der Waals surface area contributed by atoms with Crippen LogP contribution in [0.3, 0.4) is 0 Å². The minimum atomic E-state index is 0.830. The number of anilines is 1. The second-order valence-corrected chi connectivity index (χ2v) is 4.69. The van der Waals surface area contributed by atoms with E-state index in [4.69, 9.17) is 4.74 Å². The molecule has 0 amide bonds. The molecule has 1 aromatic heterocycles. The highest BCUT2D eigenvalue weighted by molar-refractivity contribution is 7.08. The van der Waals surface area contributed by atoms with Gasteiger partial charge in [0.1, 0.15) is 5.75 Å². The number of ether oxygens (including phenoxy) is 1. The molecule has 1 aromatic carbocycles. The van der Waals surface area contributed by atoms with Gasteiger partial charge in [-0.05, 0) is 28.6 Å². The van der Waals surface area contributed by atoms with Gasteiger partial charge in [-0.2, -0.15) is 11.3 Å². The van der Waals surface area contributed by atoms with E-state index in [0.29, 0.717) is 0 Å². The smallest absolute Gasteiger partial charge is 0.122 e. The highest BCUT2D eigenvalue weighted by Gasteiger charge is 2.11. The molecule has 16 heavy (non-hydrogen) atoms. The van der Waals surface area contributed by atoms with E-state index >= 15 is 0 Å². The molecule has 0 radical (unpaired) electrons. The Morgan fingerprint density at radius 2 is 2.31 bits per heavy atom. The van der Waals surface area contributed by atoms with Gasteiger partial charge in [-0.25, -0.2) is 0 Å². The van der Waals surface area contributed by atoms with Gasteiger partial charge >= 0.3 is 0 Å². The molecule has 0 unspecified atom stereocenters. The minimum Gasteiger partial charge on any atom is -0.493 e. The number of hydrogen-bond donors (Lipinski definition) is 1. The average molecular weight is 231 g/mol. The number of benzene rings is 1. The van der Waals surface area contributed by atoms with Crippen molar-refractivity contribution < 1.29 is 4.74 Å². The molecule has 0 saturated heterocycles. The van der Waals surface area contributed by atoms with Crippen LogP contribution in [0.15, 0.2) is 35.0 Å². The molecule has 3 rings (SSSR count). The van der Waals surface area contributed by atoms with Gasteiger partial charge < -0.3 is 10.1 Å². The topological polar surface area (TPSA) is 21.3 Å². The van der Waals surface area contributed by atoms with Crippen molar-refractivity contribution in [1.29, 1.82) is 0 Å². The Hall–Kier alpha value is -1.48. The van der Waals surface area contributed by atoms with E-state index in [9.17, 15) is 0 Å². The monoisotopic (exact) mass is 231 g/mol. The van der Waals surface area contributed by atoms with Crippen LogP contribution < -0.4 is 10.1 Å². The Balaban J connectivity index is 1.71. The molecule has 0 bridgehead atoms. The van der Waals surface area contributed by atoms with Crippen molar-refractivity contribution in [2.24, 2.45) is 0 Å². The molecule has 2 aromatic rings. The third-order valence-electron chi connectivity index (χ3n) is 2.77. The third kappa shape index (κ3) is 1.91. The summed E-state index contributed by atoms with van der Waals surface area (Å²) in [5, 5.41) is 7.61. The van der Waals surface area contributed by atoms with Crippen molar-refractivity contribution in [3.05, 3.63) is 46.2 Å². The fraction of sp³-hybridized carbons (Fsp3) is 0.231. The molecular weight excluding hydrogens is 218 g/mol. The molecule has 0 atom stereocenters. The molecule has 82 valence electrons. The van der Waals surface area contributed by atoms with Crippen LogP contribution >= 0.6 is 11.3 Å². The van der Waals surface area contributed by atoms with E-state index < -0.39 is 0 Å². The summed E-state index contributed by atoms with van der Waals surface area (Å²) < 4.78 is 5.49. The van der Waals surface area contributed by atoms with Crippen molar-refractivity contribution in [2.75, 3.05) is 11.9 Å². The molecule has 0 aliphatic carbocycles. The maximum atomic E-state index is 5.49. The van der Waals surface area contributed by atoms with Gasteiger partial charge in [0, 0.05) is 24.0 Å². The fourth-order valence-electron chi connectivity index (χ4n) is 1.92. The molecule has 3 heteroatoms. The zero-order valence-corrected chi connectivity index (χ0v) is 9.72. The maximum Gasteiger partial charge on any atom is 0.122 e. The van der Waals surface area contributed by atoms with Gasteiger partial charge in [0.2, 0.25) is 0 Å². The lowest BCUT2D eigenvalue weighted by molar-refractivity contribution is 0.357. The molecule has 1 N–H and O–H groups in total. The Morgan fingerprint density at radius 3 is 3.19 bits per heavy atom. The van der Waals surface area contributed by atoms with E-state index in [1.54, 1.807) is 11.3 Å². The van der Waals surface area contributed by atoms with E-state index in [-0.39, 0.29) is 0 Å². The Labute approximate surface area is 98.9 Å². The van der Waals surface area contributed by atoms with Crippen LogP contribution in [0.1, 0.15) is 11.1 Å². The quantitative estimate of drug-likeness (QED) is 0.875. The summed E-state index contributed by atoms with van der Waals surface area (Å²) in [5.41, 5.74) is 3.85. The lowest BCUT2D eigenvalue weighted by Gasteiger charge is -2.05. The molecular formula is C13H13NOS. The number of nitrogens with one attached hydrogen (secondary N) is 1. The summed E-state index contributed by atoms with van der Waals surface area (Å²) in [5.74, 6) is 1.05. The molecule has 2 nitrogen and oxygen atoms in total. The summed E-state index contributed by atoms with van der Waals surface area (Å²) in [6.07, 6.45) is 1.04. The predicted molar refractivity (Wildman–Crippen MR) is 67.3 cm³/mol. The zero-order valence-electron chi connectivity index (χ0n) is 8.90. The Kier molecular flexibility index (Phi) is 2.54. The SMILES string of the molecule is c1cc(NCc2ccc3c(c2)CCO3)cs1. The van der Waals surface area contributed by atoms with Crippen molar-refractivity contribution in [2.45, 2.75) is 13.0 Å². The minimum absolute atomic E-state index is 0.830. The van der Waals surface area contributed by atoms with E-state index in [0.717, 1.165) is 25.3 Å². The summed E-state index contributed by atoms with van der Waals surface area (Å²) in [6.45, 7) is 1.71. The zero-order chi connectivity index (χ0) is 10.8. The second kappa shape index (κ2) is 4.18. The summed E-state index contributed by atoms with van der Waals surface area (Å²) in [6, 6.07) is 8.54. The van der Waals surface area contributed by atoms with Gasteiger partial charge in [-0.1, -0.05) is 12.1 Å². The standard InChI is InChI=1S/C13H13NOS/c1-2-13-11(3-5-15-13)7-10(1)8-14-12-4-6-16-9-12/h1-2,4,6-7,9,14H,3,5,8H2. The molecule has 2 heterocycles. The predicted octanol–water partition coefficient (Wildman–Crippen LogP) is 3.30. The number of rotatable bonds is 3. The van der Waals surface area contributed by atoms with Crippen LogP contribution in [-0.4, -0.2) is 6.61 Å². The maximum absolute atomic E-state index is 5.49. The third-order valence-corrected chi connectivity index (χ3v) is 3.45. The fourth-order valence-corrected chi connectivity index (χ4v) is 2.53. The van der Waals surface area contributed by atoms with Gasteiger partial charge in [0.15, 0.2) is 0 Å². The Morgan fingerprint density at radius 1 is 1.31 bits per heavy atom. The van der Waals surface area contributed by atoms with E-state index in [1.165, 1.54) is 16.8 Å². The molecule has 0 spiro atoms. The van der Waals surface area contributed by atoms with Crippen LogP contribution in [0.2, 0.25) is 0 Å². The van der Waals surface area contributed by atoms with Gasteiger partial charge in [-0.15, -0.1) is 0 Å². The number of hydrogen-bond acceptors (Lipinski definition) is 3. The van der Waals surface area contributed by atoms with E-state index in [1.807, 2.05) is 0 Å². The summed E-state index contributed by atoms with van der Waals surface area (Å²) in [7, 11) is 0. The highest BCUT2D eigenvalue weighted by atomic mass is 32.1. The van der Waals surface area contributed by atoms with E-state index in [2.05, 4.69) is 40.3 Å². The number of thiophene rings is 1. The summed E-state index contributed by atoms with van der Waals surface area (Å²) >= 11 is 1.71. The van der Waals surface area contributed by atoms with Crippen molar-refractivity contribution in [3.8, 4) is 5.75 Å². The molecule has 1 aliphatic heterocycles. The second-order valence-electron chi connectivity index (χ2n) is 3.91. The van der Waals surface area contributed by atoms with Crippen LogP contribution in [0.25, 0.3) is 0 Å². The molecule has 0 saturated carbocycles. The molecule has 1 aliphatic rings. The lowest BCUT2D eigenvalue weighted by atomic mass is 10.1. The first-order valence-electron chi connectivity index (χ1n) is 5.42. The van der Waals surface area contributed by atoms with Gasteiger partial charge in [0.25, 0.3) is 0 Å². The lowest BCUT2D eigenvalue weighted by Crippen LogP contribution is -1.98. The first kappa shape index (κ1) is 9.73. The number of fused-ring (bicyclic) bond motifs is 1. The largest absolute Gasteiger partial charge is 0.493 e. The van der Waals surface area contributed by atoms with Crippen molar-refractivity contribution in [1.82, 2.24) is 0 Å². The van der Waals surface area contributed by atoms with Crippen LogP contribution in [-0.2, 0) is 13.0 Å². The van der Waals surface area contributed by atoms with Crippen LogP contribution in [0.4, 0.5) is 5.69 Å². The first-order valence-corrected chi connectivity index (χ1v) is 6.37. The van der Waals surface area contributed by atoms with Crippen LogP contribution in [0, 0.1) is 0 Å². The average Bonchev–Trinajstić information content (AvgIpc) is 2.97. The van der Waals surface area contributed by atoms with Gasteiger partial charge in [-0.3, -0.25) is 0 Å². The van der Waals surface area contributed by atoms with Crippen LogP contribution in [0.5, 0.6) is 5.75 Å². The Bertz CT molecular complexity index is 479. The first-order chi connectivity index (χ1) is 7.92. The molecule has 0 fully saturated rings. The van der Waals surface area contributed by atoms with Crippen molar-refractivity contribution in [3.63, 3.8) is 0 Å². The van der Waals surface area contributed by atoms with Crippen molar-refractivity contribution >= 4 is 17.0 Å². The van der Waals surface area contributed by atoms with Gasteiger partial charge in [0.05, 0.1) is 6.61 Å². The highest BCUT2D eigenvalue weighted by Crippen LogP contribution is 2.26. The normalized spacial score (nSPS) is 13.2. The summed E-state index contributed by atoms with van der Waals surface area (Å²) in [4.78, 5) is 0.